The highest BCUT2D eigenvalue weighted by Gasteiger charge is 2.08. The van der Waals surface area contributed by atoms with E-state index in [-0.39, 0.29) is 5.78 Å². The number of allylic oxidation sites excluding steroid dienone is 2. The Balaban J connectivity index is 0.00000121. The summed E-state index contributed by atoms with van der Waals surface area (Å²) in [4.78, 5) is 11.9. The van der Waals surface area contributed by atoms with Crippen molar-refractivity contribution in [2.75, 3.05) is 0 Å². The molecule has 0 unspecified atom stereocenters. The van der Waals surface area contributed by atoms with Gasteiger partial charge in [-0.1, -0.05) is 50.6 Å². The Hall–Kier alpha value is -1.37. The van der Waals surface area contributed by atoms with Crippen LogP contribution in [0.1, 0.15) is 57.5 Å². The van der Waals surface area contributed by atoms with Gasteiger partial charge in [0.1, 0.15) is 0 Å². The lowest BCUT2D eigenvalue weighted by Gasteiger charge is -2.04. The maximum atomic E-state index is 11.9. The summed E-state index contributed by atoms with van der Waals surface area (Å²) in [6.45, 7) is 11.9. The molecule has 1 rings (SSSR count). The lowest BCUT2D eigenvalue weighted by Crippen LogP contribution is -2.02. The fraction of sp³-hybridized carbons (Fsp3) is 0.438. The zero-order chi connectivity index (χ0) is 13.4. The quantitative estimate of drug-likeness (QED) is 0.539. The number of hydrogen-bond acceptors (Lipinski definition) is 1. The van der Waals surface area contributed by atoms with Gasteiger partial charge in [0.2, 0.25) is 0 Å². The first-order valence-electron chi connectivity index (χ1n) is 6.34. The molecule has 0 heterocycles. The molecule has 0 amide bonds. The van der Waals surface area contributed by atoms with E-state index in [0.717, 1.165) is 23.1 Å². The first kappa shape index (κ1) is 15.6. The van der Waals surface area contributed by atoms with E-state index in [0.29, 0.717) is 0 Å². The van der Waals surface area contributed by atoms with Crippen LogP contribution in [-0.4, -0.2) is 5.78 Å². The number of rotatable bonds is 3. The third kappa shape index (κ3) is 4.56. The molecule has 1 aromatic carbocycles. The van der Waals surface area contributed by atoms with Crippen molar-refractivity contribution in [1.82, 2.24) is 0 Å². The monoisotopic (exact) mass is 232 g/mol. The minimum atomic E-state index is 0.137. The Labute approximate surface area is 106 Å². The number of carbonyl (C=O) groups is 1. The summed E-state index contributed by atoms with van der Waals surface area (Å²) in [6, 6.07) is 7.86. The lowest BCUT2D eigenvalue weighted by atomic mass is 10.00. The van der Waals surface area contributed by atoms with Crippen LogP contribution < -0.4 is 0 Å². The summed E-state index contributed by atoms with van der Waals surface area (Å²) in [6.07, 6.45) is 1.01. The summed E-state index contributed by atoms with van der Waals surface area (Å²) >= 11 is 0. The molecular weight excluding hydrogens is 208 g/mol. The van der Waals surface area contributed by atoms with Crippen molar-refractivity contribution in [1.29, 1.82) is 0 Å². The second-order valence-corrected chi connectivity index (χ2v) is 4.00. The highest BCUT2D eigenvalue weighted by Crippen LogP contribution is 2.13. The Morgan fingerprint density at radius 3 is 1.82 bits per heavy atom. The molecule has 17 heavy (non-hydrogen) atoms. The Bertz CT molecular complexity index is 378. The van der Waals surface area contributed by atoms with Crippen molar-refractivity contribution in [2.45, 2.75) is 48.0 Å². The van der Waals surface area contributed by atoms with Gasteiger partial charge in [-0.25, -0.2) is 0 Å². The molecule has 0 aliphatic carbocycles. The van der Waals surface area contributed by atoms with Crippen LogP contribution in [0.25, 0.3) is 0 Å². The summed E-state index contributed by atoms with van der Waals surface area (Å²) < 4.78 is 0. The van der Waals surface area contributed by atoms with Gasteiger partial charge in [-0.3, -0.25) is 4.79 Å². The molecule has 0 saturated carbocycles. The van der Waals surface area contributed by atoms with Crippen molar-refractivity contribution >= 4 is 5.78 Å². The van der Waals surface area contributed by atoms with Gasteiger partial charge in [0.25, 0.3) is 0 Å². The van der Waals surface area contributed by atoms with E-state index in [1.54, 1.807) is 0 Å². The zero-order valence-corrected chi connectivity index (χ0v) is 11.9. The maximum absolute atomic E-state index is 11.9. The van der Waals surface area contributed by atoms with Crippen LogP contribution in [0.15, 0.2) is 35.4 Å². The van der Waals surface area contributed by atoms with Crippen LogP contribution in [0.5, 0.6) is 0 Å². The molecule has 0 saturated heterocycles. The third-order valence-electron chi connectivity index (χ3n) is 2.71. The van der Waals surface area contributed by atoms with Gasteiger partial charge in [0, 0.05) is 5.56 Å². The smallest absolute Gasteiger partial charge is 0.188 e. The van der Waals surface area contributed by atoms with E-state index in [4.69, 9.17) is 0 Å². The fourth-order valence-electron chi connectivity index (χ4n) is 1.34. The molecule has 1 aromatic rings. The average molecular weight is 232 g/mol. The predicted molar refractivity (Wildman–Crippen MR) is 75.5 cm³/mol. The Morgan fingerprint density at radius 2 is 1.47 bits per heavy atom. The average Bonchev–Trinajstić information content (AvgIpc) is 2.39. The largest absolute Gasteiger partial charge is 0.289 e. The van der Waals surface area contributed by atoms with Gasteiger partial charge in [0.05, 0.1) is 0 Å². The molecule has 0 bridgehead atoms. The highest BCUT2D eigenvalue weighted by atomic mass is 16.1. The molecule has 0 atom stereocenters. The van der Waals surface area contributed by atoms with Gasteiger partial charge in [-0.2, -0.15) is 0 Å². The molecule has 0 N–H and O–H groups in total. The lowest BCUT2D eigenvalue weighted by molar-refractivity contribution is 0.103. The number of carbonyl (C=O) groups excluding carboxylic acids is 1. The maximum Gasteiger partial charge on any atom is 0.188 e. The predicted octanol–water partition coefficient (Wildman–Crippen LogP) is 4.81. The van der Waals surface area contributed by atoms with E-state index in [1.165, 1.54) is 5.56 Å². The topological polar surface area (TPSA) is 17.1 Å². The van der Waals surface area contributed by atoms with Gasteiger partial charge < -0.3 is 0 Å². The van der Waals surface area contributed by atoms with E-state index >= 15 is 0 Å². The van der Waals surface area contributed by atoms with Crippen molar-refractivity contribution < 1.29 is 4.79 Å². The number of benzene rings is 1. The molecule has 1 nitrogen and oxygen atoms in total. The van der Waals surface area contributed by atoms with E-state index in [2.05, 4.69) is 6.92 Å². The highest BCUT2D eigenvalue weighted by molar-refractivity contribution is 6.08. The number of ketones is 1. The second kappa shape index (κ2) is 7.83. The SMILES string of the molecule is CC.CCc1ccc(C(=O)C(C)=C(C)C)cc1. The number of hydrogen-bond donors (Lipinski definition) is 0. The van der Waals surface area contributed by atoms with Gasteiger partial charge >= 0.3 is 0 Å². The van der Waals surface area contributed by atoms with Crippen molar-refractivity contribution in [3.63, 3.8) is 0 Å². The van der Waals surface area contributed by atoms with Crippen LogP contribution in [0.4, 0.5) is 0 Å². The van der Waals surface area contributed by atoms with Gasteiger partial charge in [-0.15, -0.1) is 0 Å². The number of Topliss-reactive ketones (excluding diaryl/α,β-unsaturated/α-hetero) is 1. The third-order valence-corrected chi connectivity index (χ3v) is 2.71. The van der Waals surface area contributed by atoms with E-state index in [1.807, 2.05) is 58.9 Å². The molecular formula is C16H24O. The van der Waals surface area contributed by atoms with E-state index in [9.17, 15) is 4.79 Å². The van der Waals surface area contributed by atoms with Gasteiger partial charge in [-0.05, 0) is 38.3 Å². The summed E-state index contributed by atoms with van der Waals surface area (Å²) in [5.41, 5.74) is 3.98. The fourth-order valence-corrected chi connectivity index (χ4v) is 1.34. The van der Waals surface area contributed by atoms with Crippen molar-refractivity contribution in [3.05, 3.63) is 46.5 Å². The van der Waals surface area contributed by atoms with Gasteiger partial charge in [0.15, 0.2) is 5.78 Å². The van der Waals surface area contributed by atoms with Crippen molar-refractivity contribution in [3.8, 4) is 0 Å². The van der Waals surface area contributed by atoms with E-state index < -0.39 is 0 Å². The Kier molecular flexibility index (Phi) is 7.20. The minimum Gasteiger partial charge on any atom is -0.289 e. The Morgan fingerprint density at radius 1 is 1.00 bits per heavy atom. The standard InChI is InChI=1S/C14H18O.C2H6/c1-5-12-6-8-13(9-7-12)14(15)11(4)10(2)3;1-2/h6-9H,5H2,1-4H3;1-2H3. The molecule has 0 aromatic heterocycles. The van der Waals surface area contributed by atoms with Crippen molar-refractivity contribution in [2.24, 2.45) is 0 Å². The summed E-state index contributed by atoms with van der Waals surface area (Å²) in [5, 5.41) is 0. The summed E-state index contributed by atoms with van der Waals surface area (Å²) in [7, 11) is 0. The molecule has 1 heteroatoms. The number of aryl methyl sites for hydroxylation is 1. The van der Waals surface area contributed by atoms with Crippen LogP contribution >= 0.6 is 0 Å². The molecule has 0 radical (unpaired) electrons. The van der Waals surface area contributed by atoms with Crippen LogP contribution in [0, 0.1) is 0 Å². The molecule has 0 spiro atoms. The molecule has 0 aliphatic rings. The summed E-state index contributed by atoms with van der Waals surface area (Å²) in [5.74, 6) is 0.137. The first-order valence-corrected chi connectivity index (χ1v) is 6.34. The first-order chi connectivity index (χ1) is 8.06. The molecule has 0 fully saturated rings. The van der Waals surface area contributed by atoms with Crippen LogP contribution in [0.2, 0.25) is 0 Å². The normalized spacial score (nSPS) is 9.06. The molecule has 0 aliphatic heterocycles. The zero-order valence-electron chi connectivity index (χ0n) is 11.9. The molecule has 94 valence electrons. The second-order valence-electron chi connectivity index (χ2n) is 4.00. The van der Waals surface area contributed by atoms with Crippen LogP contribution in [-0.2, 0) is 6.42 Å². The minimum absolute atomic E-state index is 0.137. The van der Waals surface area contributed by atoms with Crippen LogP contribution in [0.3, 0.4) is 0 Å².